The molecule has 23 heavy (non-hydrogen) atoms. The van der Waals surface area contributed by atoms with Gasteiger partial charge in [-0.15, -0.1) is 0 Å². The van der Waals surface area contributed by atoms with Gasteiger partial charge in [0.05, 0.1) is 11.4 Å². The van der Waals surface area contributed by atoms with Crippen molar-refractivity contribution in [1.82, 2.24) is 9.55 Å². The van der Waals surface area contributed by atoms with Crippen LogP contribution < -0.4 is 9.80 Å². The Kier molecular flexibility index (Phi) is 4.65. The fourth-order valence-electron chi connectivity index (χ4n) is 3.18. The van der Waals surface area contributed by atoms with Gasteiger partial charge in [-0.2, -0.15) is 0 Å². The molecule has 5 heteroatoms. The summed E-state index contributed by atoms with van der Waals surface area (Å²) in [6, 6.07) is 8.20. The quantitative estimate of drug-likeness (QED) is 0.852. The second-order valence-corrected chi connectivity index (χ2v) is 5.89. The minimum Gasteiger partial charge on any atom is -0.368 e. The van der Waals surface area contributed by atoms with Crippen LogP contribution in [-0.4, -0.2) is 35.1 Å². The van der Waals surface area contributed by atoms with Crippen LogP contribution in [0.2, 0.25) is 0 Å². The summed E-state index contributed by atoms with van der Waals surface area (Å²) in [4.78, 5) is 21.1. The smallest absolute Gasteiger partial charge is 0.227 e. The van der Waals surface area contributed by atoms with Crippen molar-refractivity contribution in [3.63, 3.8) is 0 Å². The van der Waals surface area contributed by atoms with Crippen molar-refractivity contribution in [2.24, 2.45) is 0 Å². The summed E-state index contributed by atoms with van der Waals surface area (Å²) in [5.41, 5.74) is 2.21. The fourth-order valence-corrected chi connectivity index (χ4v) is 3.18. The first kappa shape index (κ1) is 15.6. The summed E-state index contributed by atoms with van der Waals surface area (Å²) >= 11 is 0. The number of imidazole rings is 1. The predicted octanol–water partition coefficient (Wildman–Crippen LogP) is 2.84. The Labute approximate surface area is 137 Å². The number of amides is 1. The van der Waals surface area contributed by atoms with Gasteiger partial charge in [-0.25, -0.2) is 4.98 Å². The van der Waals surface area contributed by atoms with E-state index in [1.165, 1.54) is 5.69 Å². The molecule has 0 fully saturated rings. The summed E-state index contributed by atoms with van der Waals surface area (Å²) < 4.78 is 2.09. The van der Waals surface area contributed by atoms with E-state index in [0.29, 0.717) is 6.42 Å². The SMILES string of the molecule is CCN1CCN(C(=O)CCCn2ccnc2C)c2ccccc21. The summed E-state index contributed by atoms with van der Waals surface area (Å²) in [5, 5.41) is 0. The van der Waals surface area contributed by atoms with E-state index in [0.717, 1.165) is 44.1 Å². The minimum absolute atomic E-state index is 0.214. The minimum atomic E-state index is 0.214. The van der Waals surface area contributed by atoms with Crippen molar-refractivity contribution in [3.8, 4) is 0 Å². The van der Waals surface area contributed by atoms with Gasteiger partial charge >= 0.3 is 0 Å². The molecule has 3 rings (SSSR count). The zero-order valence-electron chi connectivity index (χ0n) is 13.9. The van der Waals surface area contributed by atoms with E-state index in [4.69, 9.17) is 0 Å². The molecule has 0 bridgehead atoms. The van der Waals surface area contributed by atoms with Crippen LogP contribution >= 0.6 is 0 Å². The van der Waals surface area contributed by atoms with Crippen molar-refractivity contribution in [1.29, 1.82) is 0 Å². The molecular formula is C18H24N4O. The topological polar surface area (TPSA) is 41.4 Å². The fraction of sp³-hybridized carbons (Fsp3) is 0.444. The zero-order valence-corrected chi connectivity index (χ0v) is 13.9. The number of hydrogen-bond donors (Lipinski definition) is 0. The van der Waals surface area contributed by atoms with Gasteiger partial charge in [0.2, 0.25) is 5.91 Å². The lowest BCUT2D eigenvalue weighted by molar-refractivity contribution is -0.118. The molecule has 1 amide bonds. The van der Waals surface area contributed by atoms with Crippen LogP contribution in [0.25, 0.3) is 0 Å². The van der Waals surface area contributed by atoms with E-state index in [1.54, 1.807) is 6.20 Å². The predicted molar refractivity (Wildman–Crippen MR) is 92.9 cm³/mol. The van der Waals surface area contributed by atoms with Crippen molar-refractivity contribution in [2.75, 3.05) is 29.4 Å². The summed E-state index contributed by atoms with van der Waals surface area (Å²) in [6.07, 6.45) is 5.18. The molecule has 2 aromatic rings. The van der Waals surface area contributed by atoms with Crippen LogP contribution in [0.3, 0.4) is 0 Å². The number of rotatable bonds is 5. The van der Waals surface area contributed by atoms with Crippen LogP contribution in [0.4, 0.5) is 11.4 Å². The van der Waals surface area contributed by atoms with Gasteiger partial charge in [0.25, 0.3) is 0 Å². The zero-order chi connectivity index (χ0) is 16.2. The van der Waals surface area contributed by atoms with Gasteiger partial charge in [0.1, 0.15) is 5.82 Å². The maximum Gasteiger partial charge on any atom is 0.227 e. The average molecular weight is 312 g/mol. The van der Waals surface area contributed by atoms with Gasteiger partial charge in [-0.3, -0.25) is 4.79 Å². The normalized spacial score (nSPS) is 14.0. The molecule has 0 unspecified atom stereocenters. The van der Waals surface area contributed by atoms with Crippen LogP contribution in [0.5, 0.6) is 0 Å². The molecule has 0 saturated carbocycles. The second-order valence-electron chi connectivity index (χ2n) is 5.89. The lowest BCUT2D eigenvalue weighted by Crippen LogP contribution is -2.44. The van der Waals surface area contributed by atoms with Gasteiger partial charge in [0, 0.05) is 45.0 Å². The highest BCUT2D eigenvalue weighted by Gasteiger charge is 2.25. The third kappa shape index (κ3) is 3.23. The molecule has 5 nitrogen and oxygen atoms in total. The first-order valence-electron chi connectivity index (χ1n) is 8.32. The van der Waals surface area contributed by atoms with Gasteiger partial charge < -0.3 is 14.4 Å². The molecule has 1 aliphatic heterocycles. The number of carbonyl (C=O) groups is 1. The number of para-hydroxylation sites is 2. The Balaban J connectivity index is 1.65. The molecule has 0 aliphatic carbocycles. The molecule has 0 radical (unpaired) electrons. The highest BCUT2D eigenvalue weighted by Crippen LogP contribution is 2.33. The molecule has 2 heterocycles. The van der Waals surface area contributed by atoms with Crippen LogP contribution in [-0.2, 0) is 11.3 Å². The summed E-state index contributed by atoms with van der Waals surface area (Å²) in [7, 11) is 0. The van der Waals surface area contributed by atoms with E-state index in [-0.39, 0.29) is 5.91 Å². The summed E-state index contributed by atoms with van der Waals surface area (Å²) in [5.74, 6) is 1.21. The molecule has 1 aromatic carbocycles. The molecule has 0 N–H and O–H groups in total. The van der Waals surface area contributed by atoms with Crippen LogP contribution in [0, 0.1) is 6.92 Å². The number of nitrogens with zero attached hydrogens (tertiary/aromatic N) is 4. The molecule has 122 valence electrons. The second kappa shape index (κ2) is 6.86. The molecule has 1 aromatic heterocycles. The Morgan fingerprint density at radius 3 is 2.70 bits per heavy atom. The van der Waals surface area contributed by atoms with Gasteiger partial charge in [-0.1, -0.05) is 12.1 Å². The lowest BCUT2D eigenvalue weighted by atomic mass is 10.1. The number of aromatic nitrogens is 2. The standard InChI is InChI=1S/C18H24N4O/c1-3-20-13-14-22(17-8-5-4-7-16(17)20)18(23)9-6-11-21-12-10-19-15(21)2/h4-5,7-8,10,12H,3,6,9,11,13-14H2,1-2H3. The number of likely N-dealkylation sites (N-methyl/N-ethyl adjacent to an activating group) is 1. The van der Waals surface area contributed by atoms with Gasteiger partial charge in [0.15, 0.2) is 0 Å². The number of benzene rings is 1. The van der Waals surface area contributed by atoms with Crippen molar-refractivity contribution >= 4 is 17.3 Å². The number of anilines is 2. The van der Waals surface area contributed by atoms with E-state index < -0.39 is 0 Å². The first-order chi connectivity index (χ1) is 11.2. The average Bonchev–Trinajstić information content (AvgIpc) is 2.99. The van der Waals surface area contributed by atoms with Crippen molar-refractivity contribution in [3.05, 3.63) is 42.5 Å². The number of aryl methyl sites for hydroxylation is 2. The first-order valence-corrected chi connectivity index (χ1v) is 8.32. The van der Waals surface area contributed by atoms with Gasteiger partial charge in [-0.05, 0) is 32.4 Å². The monoisotopic (exact) mass is 312 g/mol. The molecule has 0 spiro atoms. The largest absolute Gasteiger partial charge is 0.368 e. The van der Waals surface area contributed by atoms with Crippen molar-refractivity contribution < 1.29 is 4.79 Å². The Morgan fingerprint density at radius 2 is 2.00 bits per heavy atom. The van der Waals surface area contributed by atoms with Crippen LogP contribution in [0.15, 0.2) is 36.7 Å². The molecule has 0 saturated heterocycles. The highest BCUT2D eigenvalue weighted by molar-refractivity contribution is 5.97. The highest BCUT2D eigenvalue weighted by atomic mass is 16.2. The van der Waals surface area contributed by atoms with E-state index in [2.05, 4.69) is 33.5 Å². The molecular weight excluding hydrogens is 288 g/mol. The Morgan fingerprint density at radius 1 is 1.22 bits per heavy atom. The summed E-state index contributed by atoms with van der Waals surface area (Å²) in [6.45, 7) is 7.63. The van der Waals surface area contributed by atoms with E-state index in [1.807, 2.05) is 30.2 Å². The number of hydrogen-bond acceptors (Lipinski definition) is 3. The third-order valence-electron chi connectivity index (χ3n) is 4.50. The number of carbonyl (C=O) groups excluding carboxylic acids is 1. The Hall–Kier alpha value is -2.30. The molecule has 0 atom stereocenters. The third-order valence-corrected chi connectivity index (χ3v) is 4.50. The Bertz CT molecular complexity index is 679. The molecule has 1 aliphatic rings. The lowest BCUT2D eigenvalue weighted by Gasteiger charge is -2.37. The van der Waals surface area contributed by atoms with Crippen molar-refractivity contribution in [2.45, 2.75) is 33.2 Å². The maximum atomic E-state index is 12.7. The van der Waals surface area contributed by atoms with E-state index >= 15 is 0 Å². The van der Waals surface area contributed by atoms with E-state index in [9.17, 15) is 4.79 Å². The van der Waals surface area contributed by atoms with Crippen LogP contribution in [0.1, 0.15) is 25.6 Å². The maximum absolute atomic E-state index is 12.7. The number of fused-ring (bicyclic) bond motifs is 1.